The molecule has 20 heavy (non-hydrogen) atoms. The van der Waals surface area contributed by atoms with Crippen molar-refractivity contribution in [2.45, 2.75) is 33.0 Å². The summed E-state index contributed by atoms with van der Waals surface area (Å²) in [6.07, 6.45) is 4.75. The van der Waals surface area contributed by atoms with Crippen LogP contribution in [0.4, 0.5) is 0 Å². The van der Waals surface area contributed by atoms with E-state index < -0.39 is 0 Å². The van der Waals surface area contributed by atoms with Crippen LogP contribution < -0.4 is 5.32 Å². The van der Waals surface area contributed by atoms with Gasteiger partial charge in [0.2, 0.25) is 0 Å². The molecule has 0 radical (unpaired) electrons. The first kappa shape index (κ1) is 14.8. The zero-order valence-electron chi connectivity index (χ0n) is 12.3. The summed E-state index contributed by atoms with van der Waals surface area (Å²) in [6.45, 7) is 5.70. The molecule has 0 saturated heterocycles. The highest BCUT2D eigenvalue weighted by Crippen LogP contribution is 2.13. The molecule has 4 nitrogen and oxygen atoms in total. The maximum atomic E-state index is 5.60. The van der Waals surface area contributed by atoms with Crippen LogP contribution in [-0.2, 0) is 19.6 Å². The standard InChI is InChI=1S/C16H23N3O/c1-3-8-17-11-14-7-10-20-16(14)13-19(2)12-15-6-4-5-9-18-15/h4-7,9-10,17H,3,8,11-13H2,1-2H3. The predicted octanol–water partition coefficient (Wildman–Crippen LogP) is 2.81. The van der Waals surface area contributed by atoms with Crippen LogP contribution >= 0.6 is 0 Å². The van der Waals surface area contributed by atoms with E-state index in [-0.39, 0.29) is 0 Å². The molecule has 0 unspecified atom stereocenters. The van der Waals surface area contributed by atoms with Gasteiger partial charge in [-0.2, -0.15) is 0 Å². The lowest BCUT2D eigenvalue weighted by Gasteiger charge is -2.15. The van der Waals surface area contributed by atoms with Gasteiger partial charge in [-0.1, -0.05) is 13.0 Å². The molecule has 108 valence electrons. The third-order valence-electron chi connectivity index (χ3n) is 3.15. The Morgan fingerprint density at radius 1 is 1.25 bits per heavy atom. The number of hydrogen-bond acceptors (Lipinski definition) is 4. The molecule has 0 atom stereocenters. The largest absolute Gasteiger partial charge is 0.468 e. The summed E-state index contributed by atoms with van der Waals surface area (Å²) in [5.74, 6) is 1.03. The average molecular weight is 273 g/mol. The van der Waals surface area contributed by atoms with Gasteiger partial charge in [-0.05, 0) is 38.2 Å². The van der Waals surface area contributed by atoms with Crippen molar-refractivity contribution in [2.24, 2.45) is 0 Å². The van der Waals surface area contributed by atoms with Crippen LogP contribution in [0, 0.1) is 0 Å². The molecule has 1 N–H and O–H groups in total. The molecule has 2 aromatic rings. The Balaban J connectivity index is 1.88. The highest BCUT2D eigenvalue weighted by atomic mass is 16.3. The van der Waals surface area contributed by atoms with E-state index in [0.29, 0.717) is 0 Å². The van der Waals surface area contributed by atoms with Crippen LogP contribution in [0.15, 0.2) is 41.1 Å². The van der Waals surface area contributed by atoms with E-state index in [1.807, 2.05) is 30.5 Å². The Bertz CT molecular complexity index is 495. The molecule has 0 amide bonds. The van der Waals surface area contributed by atoms with Crippen molar-refractivity contribution >= 4 is 0 Å². The van der Waals surface area contributed by atoms with Gasteiger partial charge in [-0.25, -0.2) is 0 Å². The van der Waals surface area contributed by atoms with Gasteiger partial charge in [-0.3, -0.25) is 9.88 Å². The van der Waals surface area contributed by atoms with E-state index in [1.54, 1.807) is 6.26 Å². The quantitative estimate of drug-likeness (QED) is 0.751. The number of rotatable bonds is 8. The fraction of sp³-hybridized carbons (Fsp3) is 0.438. The van der Waals surface area contributed by atoms with Crippen molar-refractivity contribution in [3.63, 3.8) is 0 Å². The Kier molecular flexibility index (Phi) is 5.77. The molecule has 0 spiro atoms. The number of nitrogens with one attached hydrogen (secondary N) is 1. The fourth-order valence-corrected chi connectivity index (χ4v) is 2.13. The Morgan fingerprint density at radius 2 is 2.15 bits per heavy atom. The number of hydrogen-bond donors (Lipinski definition) is 1. The highest BCUT2D eigenvalue weighted by molar-refractivity contribution is 5.17. The van der Waals surface area contributed by atoms with Gasteiger partial charge >= 0.3 is 0 Å². The van der Waals surface area contributed by atoms with Crippen molar-refractivity contribution in [3.05, 3.63) is 53.7 Å². The molecule has 0 aliphatic carbocycles. The van der Waals surface area contributed by atoms with E-state index in [1.165, 1.54) is 5.56 Å². The molecular formula is C16H23N3O. The molecule has 2 rings (SSSR count). The van der Waals surface area contributed by atoms with Crippen molar-refractivity contribution in [1.29, 1.82) is 0 Å². The monoisotopic (exact) mass is 273 g/mol. The SMILES string of the molecule is CCCNCc1ccoc1CN(C)Cc1ccccn1. The lowest BCUT2D eigenvalue weighted by molar-refractivity contribution is 0.283. The second-order valence-electron chi connectivity index (χ2n) is 5.04. The van der Waals surface area contributed by atoms with Gasteiger partial charge in [0.25, 0.3) is 0 Å². The van der Waals surface area contributed by atoms with Crippen LogP contribution in [0.1, 0.15) is 30.4 Å². The van der Waals surface area contributed by atoms with Crippen molar-refractivity contribution in [1.82, 2.24) is 15.2 Å². The van der Waals surface area contributed by atoms with Gasteiger partial charge in [0.05, 0.1) is 18.5 Å². The van der Waals surface area contributed by atoms with Crippen LogP contribution in [0.3, 0.4) is 0 Å². The number of nitrogens with zero attached hydrogens (tertiary/aromatic N) is 2. The van der Waals surface area contributed by atoms with Crippen LogP contribution in [0.2, 0.25) is 0 Å². The predicted molar refractivity (Wildman–Crippen MR) is 80.1 cm³/mol. The van der Waals surface area contributed by atoms with E-state index >= 15 is 0 Å². The van der Waals surface area contributed by atoms with Crippen molar-refractivity contribution < 1.29 is 4.42 Å². The highest BCUT2D eigenvalue weighted by Gasteiger charge is 2.09. The Labute approximate surface area is 120 Å². The normalized spacial score (nSPS) is 11.2. The van der Waals surface area contributed by atoms with E-state index in [9.17, 15) is 0 Å². The third-order valence-corrected chi connectivity index (χ3v) is 3.15. The Morgan fingerprint density at radius 3 is 2.90 bits per heavy atom. The van der Waals surface area contributed by atoms with E-state index in [4.69, 9.17) is 4.42 Å². The summed E-state index contributed by atoms with van der Waals surface area (Å²) < 4.78 is 5.60. The molecule has 4 heteroatoms. The van der Waals surface area contributed by atoms with Gasteiger partial charge in [0.1, 0.15) is 5.76 Å². The van der Waals surface area contributed by atoms with E-state index in [0.717, 1.165) is 44.1 Å². The molecule has 2 aromatic heterocycles. The zero-order chi connectivity index (χ0) is 14.2. The van der Waals surface area contributed by atoms with Crippen molar-refractivity contribution in [3.8, 4) is 0 Å². The molecular weight excluding hydrogens is 250 g/mol. The summed E-state index contributed by atoms with van der Waals surface area (Å²) in [5.41, 5.74) is 2.32. The average Bonchev–Trinajstić information content (AvgIpc) is 2.87. The second-order valence-corrected chi connectivity index (χ2v) is 5.04. The summed E-state index contributed by atoms with van der Waals surface area (Å²) in [7, 11) is 2.08. The number of aromatic nitrogens is 1. The molecule has 0 aliphatic rings. The fourth-order valence-electron chi connectivity index (χ4n) is 2.13. The topological polar surface area (TPSA) is 41.3 Å². The molecule has 2 heterocycles. The minimum atomic E-state index is 0.798. The maximum absolute atomic E-state index is 5.60. The summed E-state index contributed by atoms with van der Waals surface area (Å²) in [4.78, 5) is 6.56. The van der Waals surface area contributed by atoms with Gasteiger partial charge in [0.15, 0.2) is 0 Å². The number of furan rings is 1. The maximum Gasteiger partial charge on any atom is 0.122 e. The van der Waals surface area contributed by atoms with Crippen LogP contribution in [0.25, 0.3) is 0 Å². The Hall–Kier alpha value is -1.65. The zero-order valence-corrected chi connectivity index (χ0v) is 12.3. The molecule has 0 bridgehead atoms. The van der Waals surface area contributed by atoms with Gasteiger partial charge < -0.3 is 9.73 Å². The van der Waals surface area contributed by atoms with Gasteiger partial charge in [-0.15, -0.1) is 0 Å². The third kappa shape index (κ3) is 4.47. The van der Waals surface area contributed by atoms with Crippen LogP contribution in [-0.4, -0.2) is 23.5 Å². The second kappa shape index (κ2) is 7.82. The van der Waals surface area contributed by atoms with Gasteiger partial charge in [0, 0.05) is 24.8 Å². The molecule has 0 aromatic carbocycles. The first-order chi connectivity index (χ1) is 9.79. The molecule has 0 saturated carbocycles. The molecule has 0 aliphatic heterocycles. The minimum absolute atomic E-state index is 0.798. The van der Waals surface area contributed by atoms with Crippen LogP contribution in [0.5, 0.6) is 0 Å². The first-order valence-corrected chi connectivity index (χ1v) is 7.14. The number of pyridine rings is 1. The summed E-state index contributed by atoms with van der Waals surface area (Å²) >= 11 is 0. The summed E-state index contributed by atoms with van der Waals surface area (Å²) in [5, 5.41) is 3.41. The van der Waals surface area contributed by atoms with E-state index in [2.05, 4.69) is 29.2 Å². The lowest BCUT2D eigenvalue weighted by atomic mass is 10.2. The minimum Gasteiger partial charge on any atom is -0.468 e. The first-order valence-electron chi connectivity index (χ1n) is 7.14. The lowest BCUT2D eigenvalue weighted by Crippen LogP contribution is -2.20. The smallest absolute Gasteiger partial charge is 0.122 e. The van der Waals surface area contributed by atoms with Crippen molar-refractivity contribution in [2.75, 3.05) is 13.6 Å². The molecule has 0 fully saturated rings. The summed E-state index contributed by atoms with van der Waals surface area (Å²) in [6, 6.07) is 8.05.